The van der Waals surface area contributed by atoms with Gasteiger partial charge in [0.1, 0.15) is 11.5 Å². The number of benzene rings is 1. The Morgan fingerprint density at radius 3 is 2.44 bits per heavy atom. The highest BCUT2D eigenvalue weighted by Crippen LogP contribution is 2.22. The van der Waals surface area contributed by atoms with Crippen molar-refractivity contribution in [2.75, 3.05) is 7.11 Å². The van der Waals surface area contributed by atoms with Gasteiger partial charge < -0.3 is 15.2 Å². The maximum atomic E-state index is 5.57. The van der Waals surface area contributed by atoms with Crippen molar-refractivity contribution in [3.63, 3.8) is 0 Å². The largest absolute Gasteiger partial charge is 0.497 e. The molecule has 5 heteroatoms. The molecule has 0 aliphatic rings. The number of rotatable bonds is 4. The standard InChI is InChI=1S/C11H13N3O2/c1-15-9-2-4-10(5-3-9)16-11-6-13-14(7-11)8-12/h2-7H,8,12H2,1H3. The number of hydrogen-bond donors (Lipinski definition) is 1. The zero-order valence-corrected chi connectivity index (χ0v) is 8.96. The molecule has 0 amide bonds. The zero-order chi connectivity index (χ0) is 11.4. The smallest absolute Gasteiger partial charge is 0.165 e. The van der Waals surface area contributed by atoms with E-state index < -0.39 is 0 Å². The van der Waals surface area contributed by atoms with Crippen molar-refractivity contribution in [2.24, 2.45) is 5.73 Å². The Bertz CT molecular complexity index is 451. The van der Waals surface area contributed by atoms with Crippen LogP contribution < -0.4 is 15.2 Å². The molecule has 0 aliphatic heterocycles. The summed E-state index contributed by atoms with van der Waals surface area (Å²) < 4.78 is 12.2. The number of methoxy groups -OCH3 is 1. The summed E-state index contributed by atoms with van der Waals surface area (Å²) >= 11 is 0. The minimum absolute atomic E-state index is 0.339. The highest BCUT2D eigenvalue weighted by molar-refractivity contribution is 5.33. The quantitative estimate of drug-likeness (QED) is 0.848. The number of hydrogen-bond acceptors (Lipinski definition) is 4. The summed E-state index contributed by atoms with van der Waals surface area (Å²) in [6.45, 7) is 0.339. The van der Waals surface area contributed by atoms with Crippen molar-refractivity contribution in [2.45, 2.75) is 6.67 Å². The molecule has 0 spiro atoms. The normalized spacial score (nSPS) is 10.1. The monoisotopic (exact) mass is 219 g/mol. The third-order valence-corrected chi connectivity index (χ3v) is 2.09. The van der Waals surface area contributed by atoms with E-state index in [1.54, 1.807) is 24.2 Å². The lowest BCUT2D eigenvalue weighted by Crippen LogP contribution is -2.06. The average molecular weight is 219 g/mol. The van der Waals surface area contributed by atoms with Gasteiger partial charge in [0.2, 0.25) is 0 Å². The van der Waals surface area contributed by atoms with Gasteiger partial charge >= 0.3 is 0 Å². The van der Waals surface area contributed by atoms with Gasteiger partial charge in [0.05, 0.1) is 26.2 Å². The van der Waals surface area contributed by atoms with Crippen molar-refractivity contribution in [1.29, 1.82) is 0 Å². The van der Waals surface area contributed by atoms with Crippen molar-refractivity contribution in [1.82, 2.24) is 9.78 Å². The number of aromatic nitrogens is 2. The lowest BCUT2D eigenvalue weighted by Gasteiger charge is -2.03. The molecule has 2 N–H and O–H groups in total. The molecule has 0 aliphatic carbocycles. The molecule has 84 valence electrons. The summed E-state index contributed by atoms with van der Waals surface area (Å²) in [5.74, 6) is 2.19. The fourth-order valence-corrected chi connectivity index (χ4v) is 1.28. The number of ether oxygens (including phenoxy) is 2. The summed E-state index contributed by atoms with van der Waals surface area (Å²) in [5.41, 5.74) is 5.42. The summed E-state index contributed by atoms with van der Waals surface area (Å²) in [6.07, 6.45) is 3.36. The van der Waals surface area contributed by atoms with E-state index in [4.69, 9.17) is 15.2 Å². The summed E-state index contributed by atoms with van der Waals surface area (Å²) in [4.78, 5) is 0. The van der Waals surface area contributed by atoms with Gasteiger partial charge in [-0.25, -0.2) is 0 Å². The molecule has 0 fully saturated rings. The third kappa shape index (κ3) is 2.32. The van der Waals surface area contributed by atoms with Gasteiger partial charge in [0, 0.05) is 0 Å². The van der Waals surface area contributed by atoms with Gasteiger partial charge in [-0.1, -0.05) is 0 Å². The van der Waals surface area contributed by atoms with Crippen molar-refractivity contribution in [3.05, 3.63) is 36.7 Å². The van der Waals surface area contributed by atoms with Crippen LogP contribution in [-0.2, 0) is 6.67 Å². The molecule has 5 nitrogen and oxygen atoms in total. The fraction of sp³-hybridized carbons (Fsp3) is 0.182. The Morgan fingerprint density at radius 2 is 1.88 bits per heavy atom. The van der Waals surface area contributed by atoms with Gasteiger partial charge in [-0.2, -0.15) is 5.10 Å². The first-order chi connectivity index (χ1) is 7.81. The van der Waals surface area contributed by atoms with E-state index in [0.717, 1.165) is 11.5 Å². The van der Waals surface area contributed by atoms with E-state index >= 15 is 0 Å². The van der Waals surface area contributed by atoms with Crippen LogP contribution in [0.5, 0.6) is 17.2 Å². The molecule has 0 saturated carbocycles. The van der Waals surface area contributed by atoms with E-state index in [2.05, 4.69) is 5.10 Å². The molecule has 0 saturated heterocycles. The van der Waals surface area contributed by atoms with Gasteiger partial charge in [0.15, 0.2) is 5.75 Å². The van der Waals surface area contributed by atoms with Crippen LogP contribution in [0.1, 0.15) is 0 Å². The van der Waals surface area contributed by atoms with E-state index in [-0.39, 0.29) is 0 Å². The first-order valence-corrected chi connectivity index (χ1v) is 4.86. The second-order valence-corrected chi connectivity index (χ2v) is 3.18. The van der Waals surface area contributed by atoms with Crippen LogP contribution in [0.4, 0.5) is 0 Å². The van der Waals surface area contributed by atoms with Gasteiger partial charge in [0.25, 0.3) is 0 Å². The minimum Gasteiger partial charge on any atom is -0.497 e. The highest BCUT2D eigenvalue weighted by atomic mass is 16.5. The molecule has 16 heavy (non-hydrogen) atoms. The van der Waals surface area contributed by atoms with Crippen molar-refractivity contribution >= 4 is 0 Å². The number of nitrogens with zero attached hydrogens (tertiary/aromatic N) is 2. The van der Waals surface area contributed by atoms with Gasteiger partial charge in [-0.15, -0.1) is 0 Å². The molecule has 1 aromatic carbocycles. The van der Waals surface area contributed by atoms with Crippen LogP contribution in [0.3, 0.4) is 0 Å². The minimum atomic E-state index is 0.339. The Balaban J connectivity index is 2.08. The highest BCUT2D eigenvalue weighted by Gasteiger charge is 2.00. The second-order valence-electron chi connectivity index (χ2n) is 3.18. The molecule has 0 unspecified atom stereocenters. The van der Waals surface area contributed by atoms with E-state index in [1.165, 1.54) is 0 Å². The molecule has 2 aromatic rings. The number of nitrogens with two attached hydrogens (primary N) is 1. The van der Waals surface area contributed by atoms with E-state index in [9.17, 15) is 0 Å². The Labute approximate surface area is 93.4 Å². The summed E-state index contributed by atoms with van der Waals surface area (Å²) in [7, 11) is 1.63. The van der Waals surface area contributed by atoms with Crippen LogP contribution in [0.25, 0.3) is 0 Å². The Morgan fingerprint density at radius 1 is 1.19 bits per heavy atom. The average Bonchev–Trinajstić information content (AvgIpc) is 2.78. The van der Waals surface area contributed by atoms with E-state index in [0.29, 0.717) is 12.4 Å². The molecule has 0 bridgehead atoms. The van der Waals surface area contributed by atoms with Crippen LogP contribution in [-0.4, -0.2) is 16.9 Å². The second kappa shape index (κ2) is 4.67. The summed E-state index contributed by atoms with van der Waals surface area (Å²) in [6, 6.07) is 7.34. The molecular formula is C11H13N3O2. The zero-order valence-electron chi connectivity index (χ0n) is 8.96. The predicted molar refractivity (Wildman–Crippen MR) is 59.5 cm³/mol. The van der Waals surface area contributed by atoms with Crippen LogP contribution in [0.15, 0.2) is 36.7 Å². The van der Waals surface area contributed by atoms with Crippen molar-refractivity contribution < 1.29 is 9.47 Å². The maximum Gasteiger partial charge on any atom is 0.165 e. The molecule has 0 radical (unpaired) electrons. The molecule has 1 heterocycles. The van der Waals surface area contributed by atoms with Gasteiger partial charge in [-0.05, 0) is 24.3 Å². The van der Waals surface area contributed by atoms with Gasteiger partial charge in [-0.3, -0.25) is 4.68 Å². The predicted octanol–water partition coefficient (Wildman–Crippen LogP) is 1.60. The summed E-state index contributed by atoms with van der Waals surface area (Å²) in [5, 5.41) is 4.01. The van der Waals surface area contributed by atoms with Crippen LogP contribution in [0, 0.1) is 0 Å². The lowest BCUT2D eigenvalue weighted by molar-refractivity contribution is 0.413. The Kier molecular flexibility index (Phi) is 3.07. The van der Waals surface area contributed by atoms with E-state index in [1.807, 2.05) is 24.3 Å². The SMILES string of the molecule is COc1ccc(Oc2cnn(CN)c2)cc1. The van der Waals surface area contributed by atoms with Crippen molar-refractivity contribution in [3.8, 4) is 17.2 Å². The topological polar surface area (TPSA) is 62.3 Å². The fourth-order valence-electron chi connectivity index (χ4n) is 1.28. The van der Waals surface area contributed by atoms with Crippen LogP contribution >= 0.6 is 0 Å². The van der Waals surface area contributed by atoms with Crippen LogP contribution in [0.2, 0.25) is 0 Å². The Hall–Kier alpha value is -2.01. The lowest BCUT2D eigenvalue weighted by atomic mass is 10.3. The molecular weight excluding hydrogens is 206 g/mol. The molecule has 2 rings (SSSR count). The maximum absolute atomic E-state index is 5.57. The first kappa shape index (κ1) is 10.5. The first-order valence-electron chi connectivity index (χ1n) is 4.86. The third-order valence-electron chi connectivity index (χ3n) is 2.09. The molecule has 1 aromatic heterocycles. The molecule has 0 atom stereocenters.